The zero-order chi connectivity index (χ0) is 14.5. The van der Waals surface area contributed by atoms with Crippen LogP contribution in [0.3, 0.4) is 0 Å². The van der Waals surface area contributed by atoms with Gasteiger partial charge in [-0.15, -0.1) is 5.10 Å². The number of carbonyl (C=O) groups excluding carboxylic acids is 1. The molecule has 0 saturated heterocycles. The van der Waals surface area contributed by atoms with E-state index in [2.05, 4.69) is 20.3 Å². The van der Waals surface area contributed by atoms with E-state index in [-0.39, 0.29) is 17.3 Å². The predicted octanol–water partition coefficient (Wildman–Crippen LogP) is 1.79. The molecule has 9 heteroatoms. The number of alkyl halides is 2. The molecule has 0 fully saturated rings. The van der Waals surface area contributed by atoms with E-state index in [1.54, 1.807) is 7.05 Å². The topological polar surface area (TPSA) is 69.9 Å². The smallest absolute Gasteiger partial charge is 0.387 e. The van der Waals surface area contributed by atoms with E-state index in [9.17, 15) is 13.6 Å². The van der Waals surface area contributed by atoms with Crippen molar-refractivity contribution in [3.05, 3.63) is 29.8 Å². The molecular formula is C11H10F2N4O2S. The highest BCUT2D eigenvalue weighted by Crippen LogP contribution is 2.18. The van der Waals surface area contributed by atoms with Crippen LogP contribution in [0, 0.1) is 0 Å². The first-order valence-electron chi connectivity index (χ1n) is 5.49. The molecule has 2 aromatic rings. The van der Waals surface area contributed by atoms with E-state index < -0.39 is 6.61 Å². The fourth-order valence-corrected chi connectivity index (χ4v) is 2.12. The van der Waals surface area contributed by atoms with E-state index in [1.807, 2.05) is 0 Å². The minimum absolute atomic E-state index is 0.0155. The van der Waals surface area contributed by atoms with Gasteiger partial charge in [-0.25, -0.2) is 4.68 Å². The minimum atomic E-state index is -2.88. The van der Waals surface area contributed by atoms with Crippen LogP contribution in [-0.4, -0.2) is 38.4 Å². The Labute approximate surface area is 117 Å². The SMILES string of the molecule is Cn1nnnc1SCC(=O)c1ccc(OC(F)F)cc1. The van der Waals surface area contributed by atoms with Gasteiger partial charge in [-0.1, -0.05) is 11.8 Å². The Bertz CT molecular complexity index is 588. The van der Waals surface area contributed by atoms with Crippen molar-refractivity contribution in [2.75, 3.05) is 5.75 Å². The number of tetrazole rings is 1. The molecule has 1 aromatic carbocycles. The summed E-state index contributed by atoms with van der Waals surface area (Å²) in [6, 6.07) is 5.53. The van der Waals surface area contributed by atoms with Crippen molar-refractivity contribution in [1.29, 1.82) is 0 Å². The molecule has 0 unspecified atom stereocenters. The molecule has 0 amide bonds. The molecule has 0 atom stereocenters. The second kappa shape index (κ2) is 6.42. The molecular weight excluding hydrogens is 290 g/mol. The van der Waals surface area contributed by atoms with Crippen molar-refractivity contribution >= 4 is 17.5 Å². The highest BCUT2D eigenvalue weighted by molar-refractivity contribution is 7.99. The second-order valence-corrected chi connectivity index (χ2v) is 4.64. The number of Topliss-reactive ketones (excluding diaryl/α,β-unsaturated/α-hetero) is 1. The van der Waals surface area contributed by atoms with Gasteiger partial charge >= 0.3 is 6.61 Å². The van der Waals surface area contributed by atoms with Gasteiger partial charge in [0.25, 0.3) is 0 Å². The van der Waals surface area contributed by atoms with Gasteiger partial charge in [-0.2, -0.15) is 8.78 Å². The molecule has 6 nitrogen and oxygen atoms in total. The highest BCUT2D eigenvalue weighted by atomic mass is 32.2. The number of rotatable bonds is 6. The number of aryl methyl sites for hydroxylation is 1. The zero-order valence-corrected chi connectivity index (χ0v) is 11.2. The van der Waals surface area contributed by atoms with E-state index in [0.29, 0.717) is 10.7 Å². The van der Waals surface area contributed by atoms with Gasteiger partial charge in [-0.05, 0) is 34.7 Å². The van der Waals surface area contributed by atoms with Crippen molar-refractivity contribution in [1.82, 2.24) is 20.2 Å². The van der Waals surface area contributed by atoms with Gasteiger partial charge in [0.1, 0.15) is 5.75 Å². The van der Waals surface area contributed by atoms with Crippen LogP contribution in [0.1, 0.15) is 10.4 Å². The van der Waals surface area contributed by atoms with Gasteiger partial charge in [0, 0.05) is 12.6 Å². The van der Waals surface area contributed by atoms with E-state index in [0.717, 1.165) is 0 Å². The molecule has 20 heavy (non-hydrogen) atoms. The molecule has 0 radical (unpaired) electrons. The minimum Gasteiger partial charge on any atom is -0.435 e. The Kier molecular flexibility index (Phi) is 4.61. The van der Waals surface area contributed by atoms with Crippen LogP contribution in [0.5, 0.6) is 5.75 Å². The number of benzene rings is 1. The highest BCUT2D eigenvalue weighted by Gasteiger charge is 2.11. The largest absolute Gasteiger partial charge is 0.435 e. The first kappa shape index (κ1) is 14.4. The van der Waals surface area contributed by atoms with Crippen LogP contribution in [0.4, 0.5) is 8.78 Å². The van der Waals surface area contributed by atoms with Gasteiger partial charge in [0.05, 0.1) is 5.75 Å². The van der Waals surface area contributed by atoms with E-state index in [1.165, 1.54) is 40.7 Å². The zero-order valence-electron chi connectivity index (χ0n) is 10.4. The maximum atomic E-state index is 12.0. The number of nitrogens with zero attached hydrogens (tertiary/aromatic N) is 4. The molecule has 0 spiro atoms. The van der Waals surface area contributed by atoms with Gasteiger partial charge in [-0.3, -0.25) is 4.79 Å². The maximum absolute atomic E-state index is 12.0. The average molecular weight is 300 g/mol. The molecule has 0 N–H and O–H groups in total. The standard InChI is InChI=1S/C11H10F2N4O2S/c1-17-11(14-15-16-17)20-6-9(18)7-2-4-8(5-3-7)19-10(12)13/h2-5,10H,6H2,1H3. The number of ketones is 1. The average Bonchev–Trinajstić information content (AvgIpc) is 2.82. The maximum Gasteiger partial charge on any atom is 0.387 e. The summed E-state index contributed by atoms with van der Waals surface area (Å²) in [5, 5.41) is 11.4. The lowest BCUT2D eigenvalue weighted by Crippen LogP contribution is -2.05. The molecule has 0 bridgehead atoms. The van der Waals surface area contributed by atoms with Crippen molar-refractivity contribution < 1.29 is 18.3 Å². The summed E-state index contributed by atoms with van der Waals surface area (Å²) < 4.78 is 29.6. The second-order valence-electron chi connectivity index (χ2n) is 3.70. The Morgan fingerprint density at radius 3 is 2.65 bits per heavy atom. The lowest BCUT2D eigenvalue weighted by atomic mass is 10.1. The number of hydrogen-bond donors (Lipinski definition) is 0. The van der Waals surface area contributed by atoms with Crippen molar-refractivity contribution in [2.24, 2.45) is 7.05 Å². The molecule has 0 aliphatic rings. The number of carbonyl (C=O) groups is 1. The fourth-order valence-electron chi connectivity index (χ4n) is 1.38. The molecule has 1 aromatic heterocycles. The number of aromatic nitrogens is 4. The lowest BCUT2D eigenvalue weighted by Gasteiger charge is -2.05. The van der Waals surface area contributed by atoms with Crippen molar-refractivity contribution in [3.63, 3.8) is 0 Å². The van der Waals surface area contributed by atoms with E-state index >= 15 is 0 Å². The normalized spacial score (nSPS) is 10.8. The third-order valence-corrected chi connectivity index (χ3v) is 3.33. The summed E-state index contributed by atoms with van der Waals surface area (Å²) in [6.07, 6.45) is 0. The summed E-state index contributed by atoms with van der Waals surface area (Å²) in [5.41, 5.74) is 0.411. The number of hydrogen-bond acceptors (Lipinski definition) is 6. The predicted molar refractivity (Wildman–Crippen MR) is 66.9 cm³/mol. The number of thioether (sulfide) groups is 1. The van der Waals surface area contributed by atoms with Gasteiger partial charge < -0.3 is 4.74 Å². The van der Waals surface area contributed by atoms with Crippen LogP contribution in [-0.2, 0) is 7.05 Å². The summed E-state index contributed by atoms with van der Waals surface area (Å²) >= 11 is 1.20. The lowest BCUT2D eigenvalue weighted by molar-refractivity contribution is -0.0498. The summed E-state index contributed by atoms with van der Waals surface area (Å²) in [7, 11) is 1.67. The Hall–Kier alpha value is -2.03. The number of halogens is 2. The molecule has 1 heterocycles. The van der Waals surface area contributed by atoms with Crippen LogP contribution < -0.4 is 4.74 Å². The van der Waals surface area contributed by atoms with Crippen molar-refractivity contribution in [3.8, 4) is 5.75 Å². The third kappa shape index (κ3) is 3.73. The first-order valence-corrected chi connectivity index (χ1v) is 6.48. The number of ether oxygens (including phenoxy) is 1. The Morgan fingerprint density at radius 1 is 1.40 bits per heavy atom. The van der Waals surface area contributed by atoms with Crippen LogP contribution in [0.2, 0.25) is 0 Å². The molecule has 2 rings (SSSR count). The molecule has 0 aliphatic heterocycles. The molecule has 0 saturated carbocycles. The summed E-state index contributed by atoms with van der Waals surface area (Å²) in [6.45, 7) is -2.88. The Balaban J connectivity index is 1.94. The monoisotopic (exact) mass is 300 g/mol. The molecule has 0 aliphatic carbocycles. The van der Waals surface area contributed by atoms with Crippen LogP contribution in [0.15, 0.2) is 29.4 Å². The fraction of sp³-hybridized carbons (Fsp3) is 0.273. The van der Waals surface area contributed by atoms with Gasteiger partial charge in [0.2, 0.25) is 5.16 Å². The quantitative estimate of drug-likeness (QED) is 0.598. The Morgan fingerprint density at radius 2 is 2.10 bits per heavy atom. The van der Waals surface area contributed by atoms with Crippen LogP contribution >= 0.6 is 11.8 Å². The van der Waals surface area contributed by atoms with E-state index in [4.69, 9.17) is 0 Å². The summed E-state index contributed by atoms with van der Waals surface area (Å²) in [5.74, 6) is 0.0202. The van der Waals surface area contributed by atoms with Gasteiger partial charge in [0.15, 0.2) is 5.78 Å². The first-order chi connectivity index (χ1) is 9.56. The third-order valence-electron chi connectivity index (χ3n) is 2.32. The molecule has 106 valence electrons. The van der Waals surface area contributed by atoms with Crippen molar-refractivity contribution in [2.45, 2.75) is 11.8 Å². The van der Waals surface area contributed by atoms with Crippen LogP contribution in [0.25, 0.3) is 0 Å². The summed E-state index contributed by atoms with van der Waals surface area (Å²) in [4.78, 5) is 11.9.